The van der Waals surface area contributed by atoms with Crippen molar-refractivity contribution in [3.05, 3.63) is 101 Å². The van der Waals surface area contributed by atoms with Gasteiger partial charge in [-0.3, -0.25) is 0 Å². The number of ether oxygens (including phenoxy) is 1. The largest absolute Gasteiger partial charge is 0.497 e. The molecular weight excluding hydrogens is 367 g/mol. The van der Waals surface area contributed by atoms with Gasteiger partial charge in [0.1, 0.15) is 11.6 Å². The van der Waals surface area contributed by atoms with E-state index in [1.165, 1.54) is 12.1 Å². The summed E-state index contributed by atoms with van der Waals surface area (Å²) in [6.45, 7) is 0. The molecule has 0 radical (unpaired) electrons. The van der Waals surface area contributed by atoms with Gasteiger partial charge in [-0.1, -0.05) is 54.6 Å². The summed E-state index contributed by atoms with van der Waals surface area (Å²) < 4.78 is 19.7. The van der Waals surface area contributed by atoms with Gasteiger partial charge in [-0.2, -0.15) is 0 Å². The van der Waals surface area contributed by atoms with Crippen LogP contribution in [0, 0.1) is 5.82 Å². The molecule has 3 aromatic carbocycles. The highest BCUT2D eigenvalue weighted by Crippen LogP contribution is 2.36. The van der Waals surface area contributed by atoms with E-state index in [9.17, 15) is 4.39 Å². The van der Waals surface area contributed by atoms with Crippen molar-refractivity contribution in [3.63, 3.8) is 0 Å². The van der Waals surface area contributed by atoms with Gasteiger partial charge in [0, 0.05) is 10.1 Å². The number of hydrogen-bond acceptors (Lipinski definition) is 1. The zero-order valence-electron chi connectivity index (χ0n) is 13.2. The van der Waals surface area contributed by atoms with Gasteiger partial charge in [0.05, 0.1) is 7.11 Å². The first-order chi connectivity index (χ1) is 11.7. The Morgan fingerprint density at radius 3 is 2.04 bits per heavy atom. The van der Waals surface area contributed by atoms with Crippen LogP contribution in [0.2, 0.25) is 0 Å². The first-order valence-corrected chi connectivity index (χ1v) is 8.34. The van der Waals surface area contributed by atoms with Crippen LogP contribution in [0.5, 0.6) is 5.75 Å². The molecule has 0 heterocycles. The van der Waals surface area contributed by atoms with Crippen molar-refractivity contribution in [2.75, 3.05) is 7.11 Å². The molecule has 0 unspecified atom stereocenters. The summed E-state index contributed by atoms with van der Waals surface area (Å²) in [7, 11) is 1.64. The van der Waals surface area contributed by atoms with Crippen LogP contribution in [-0.4, -0.2) is 7.11 Å². The molecule has 0 fully saturated rings. The molecule has 0 spiro atoms. The molecule has 0 bridgehead atoms. The van der Waals surface area contributed by atoms with Gasteiger partial charge in [0.2, 0.25) is 0 Å². The lowest BCUT2D eigenvalue weighted by Crippen LogP contribution is -1.92. The van der Waals surface area contributed by atoms with E-state index in [2.05, 4.69) is 15.9 Å². The predicted octanol–water partition coefficient (Wildman–Crippen LogP) is 6.15. The van der Waals surface area contributed by atoms with E-state index in [0.717, 1.165) is 32.5 Å². The topological polar surface area (TPSA) is 9.23 Å². The second-order valence-corrected chi connectivity index (χ2v) is 6.09. The van der Waals surface area contributed by atoms with Crippen LogP contribution < -0.4 is 4.74 Å². The van der Waals surface area contributed by atoms with Crippen LogP contribution in [0.3, 0.4) is 0 Å². The summed E-state index contributed by atoms with van der Waals surface area (Å²) in [5.41, 5.74) is 3.88. The van der Waals surface area contributed by atoms with E-state index < -0.39 is 0 Å². The molecule has 0 aliphatic heterocycles. The smallest absolute Gasteiger partial charge is 0.123 e. The van der Waals surface area contributed by atoms with E-state index in [4.69, 9.17) is 4.74 Å². The lowest BCUT2D eigenvalue weighted by atomic mass is 9.95. The summed E-state index contributed by atoms with van der Waals surface area (Å²) in [6, 6.07) is 24.5. The fraction of sp³-hybridized carbons (Fsp3) is 0.0476. The molecule has 0 saturated heterocycles. The second-order valence-electron chi connectivity index (χ2n) is 5.29. The van der Waals surface area contributed by atoms with Gasteiger partial charge in [-0.25, -0.2) is 4.39 Å². The van der Waals surface area contributed by atoms with Crippen LogP contribution in [0.15, 0.2) is 78.9 Å². The number of benzene rings is 3. The maximum atomic E-state index is 13.6. The fourth-order valence-corrected chi connectivity index (χ4v) is 3.26. The highest BCUT2D eigenvalue weighted by molar-refractivity contribution is 9.15. The first-order valence-electron chi connectivity index (χ1n) is 7.54. The molecule has 24 heavy (non-hydrogen) atoms. The highest BCUT2D eigenvalue weighted by Gasteiger charge is 2.12. The predicted molar refractivity (Wildman–Crippen MR) is 101 cm³/mol. The molecule has 3 aromatic rings. The summed E-state index contributed by atoms with van der Waals surface area (Å²) >= 11 is 3.68. The third-order valence-corrected chi connectivity index (χ3v) is 4.59. The Morgan fingerprint density at radius 1 is 0.792 bits per heavy atom. The highest BCUT2D eigenvalue weighted by atomic mass is 79.9. The third kappa shape index (κ3) is 3.57. The van der Waals surface area contributed by atoms with Crippen molar-refractivity contribution in [1.82, 2.24) is 0 Å². The summed E-state index contributed by atoms with van der Waals surface area (Å²) in [5.74, 6) is 0.541. The van der Waals surface area contributed by atoms with Gasteiger partial charge >= 0.3 is 0 Å². The van der Waals surface area contributed by atoms with E-state index in [-0.39, 0.29) is 5.82 Å². The van der Waals surface area contributed by atoms with Gasteiger partial charge in [0.25, 0.3) is 0 Å². The van der Waals surface area contributed by atoms with Crippen LogP contribution in [0.1, 0.15) is 16.7 Å². The number of methoxy groups -OCH3 is 1. The minimum Gasteiger partial charge on any atom is -0.497 e. The SMILES string of the molecule is COc1ccc(/C(=C(/Br)c2cccc(F)c2)c2ccccc2)cc1. The Morgan fingerprint density at radius 2 is 1.42 bits per heavy atom. The quantitative estimate of drug-likeness (QED) is 0.492. The normalized spacial score (nSPS) is 11.8. The molecule has 1 nitrogen and oxygen atoms in total. The van der Waals surface area contributed by atoms with Crippen molar-refractivity contribution in [2.24, 2.45) is 0 Å². The molecule has 0 atom stereocenters. The maximum Gasteiger partial charge on any atom is 0.123 e. The molecule has 0 amide bonds. The van der Waals surface area contributed by atoms with E-state index in [0.29, 0.717) is 0 Å². The third-order valence-electron chi connectivity index (χ3n) is 3.74. The number of rotatable bonds is 4. The lowest BCUT2D eigenvalue weighted by molar-refractivity contribution is 0.415. The van der Waals surface area contributed by atoms with Crippen LogP contribution in [0.25, 0.3) is 10.1 Å². The molecule has 0 aliphatic carbocycles. The summed E-state index contributed by atoms with van der Waals surface area (Å²) in [5, 5.41) is 0. The van der Waals surface area contributed by atoms with Crippen molar-refractivity contribution in [3.8, 4) is 5.75 Å². The average Bonchev–Trinajstić information content (AvgIpc) is 2.63. The molecule has 0 N–H and O–H groups in total. The van der Waals surface area contributed by atoms with Crippen molar-refractivity contribution >= 4 is 26.0 Å². The van der Waals surface area contributed by atoms with Crippen LogP contribution in [0.4, 0.5) is 4.39 Å². The second kappa shape index (κ2) is 7.45. The first kappa shape index (κ1) is 16.5. The Labute approximate surface area is 149 Å². The molecule has 3 rings (SSSR count). The van der Waals surface area contributed by atoms with E-state index >= 15 is 0 Å². The summed E-state index contributed by atoms with van der Waals surface area (Å²) in [6.07, 6.45) is 0. The number of halogens is 2. The molecule has 0 aromatic heterocycles. The van der Waals surface area contributed by atoms with Crippen molar-refractivity contribution in [2.45, 2.75) is 0 Å². The zero-order valence-corrected chi connectivity index (χ0v) is 14.8. The van der Waals surface area contributed by atoms with Gasteiger partial charge in [0.15, 0.2) is 0 Å². The molecular formula is C21H16BrFO. The Balaban J connectivity index is 2.19. The number of hydrogen-bond donors (Lipinski definition) is 0. The fourth-order valence-electron chi connectivity index (χ4n) is 2.55. The summed E-state index contributed by atoms with van der Waals surface area (Å²) in [4.78, 5) is 0. The van der Waals surface area contributed by atoms with Gasteiger partial charge < -0.3 is 4.74 Å². The van der Waals surface area contributed by atoms with Crippen molar-refractivity contribution in [1.29, 1.82) is 0 Å². The van der Waals surface area contributed by atoms with E-state index in [1.54, 1.807) is 13.2 Å². The van der Waals surface area contributed by atoms with Crippen LogP contribution >= 0.6 is 15.9 Å². The van der Waals surface area contributed by atoms with Gasteiger partial charge in [-0.15, -0.1) is 0 Å². The monoisotopic (exact) mass is 382 g/mol. The minimum absolute atomic E-state index is 0.258. The Hall–Kier alpha value is -2.39. The minimum atomic E-state index is -0.258. The molecule has 0 saturated carbocycles. The van der Waals surface area contributed by atoms with E-state index in [1.807, 2.05) is 60.7 Å². The zero-order chi connectivity index (χ0) is 16.9. The molecule has 0 aliphatic rings. The van der Waals surface area contributed by atoms with Crippen molar-refractivity contribution < 1.29 is 9.13 Å². The Kier molecular flexibility index (Phi) is 5.11. The van der Waals surface area contributed by atoms with Gasteiger partial charge in [-0.05, 0) is 56.9 Å². The maximum absolute atomic E-state index is 13.6. The average molecular weight is 383 g/mol. The standard InChI is InChI=1S/C21H16BrFO/c1-24-19-12-10-16(11-13-19)20(15-6-3-2-4-7-15)21(22)17-8-5-9-18(23)14-17/h2-14H,1H3/b21-20+. The van der Waals surface area contributed by atoms with Crippen LogP contribution in [-0.2, 0) is 0 Å². The lowest BCUT2D eigenvalue weighted by Gasteiger charge is -2.13. The Bertz CT molecular complexity index is 855. The molecule has 120 valence electrons. The molecule has 3 heteroatoms.